The van der Waals surface area contributed by atoms with Crippen LogP contribution in [0.15, 0.2) is 30.6 Å². The van der Waals surface area contributed by atoms with Crippen LogP contribution in [0.4, 0.5) is 4.39 Å². The molecule has 5 heteroatoms. The van der Waals surface area contributed by atoms with E-state index in [0.717, 1.165) is 17.7 Å². The summed E-state index contributed by atoms with van der Waals surface area (Å²) >= 11 is 0. The molecule has 1 heterocycles. The predicted octanol–water partition coefficient (Wildman–Crippen LogP) is 1.50. The number of hydrogen-bond donors (Lipinski definition) is 1. The maximum absolute atomic E-state index is 13.6. The number of benzene rings is 1. The summed E-state index contributed by atoms with van der Waals surface area (Å²) in [5, 5.41) is 4.15. The van der Waals surface area contributed by atoms with Gasteiger partial charge >= 0.3 is 0 Å². The van der Waals surface area contributed by atoms with Gasteiger partial charge in [0, 0.05) is 31.9 Å². The van der Waals surface area contributed by atoms with E-state index in [0.29, 0.717) is 12.1 Å². The summed E-state index contributed by atoms with van der Waals surface area (Å²) < 4.78 is 15.4. The summed E-state index contributed by atoms with van der Waals surface area (Å²) in [4.78, 5) is 2.14. The molecule has 0 aliphatic heterocycles. The molecular formula is C16H19FN4. The lowest BCUT2D eigenvalue weighted by atomic mass is 10.1. The van der Waals surface area contributed by atoms with Crippen molar-refractivity contribution in [3.05, 3.63) is 53.1 Å². The van der Waals surface area contributed by atoms with E-state index in [4.69, 9.17) is 5.73 Å². The first-order valence-corrected chi connectivity index (χ1v) is 6.72. The normalized spacial score (nSPS) is 10.5. The molecule has 0 fully saturated rings. The van der Waals surface area contributed by atoms with Gasteiger partial charge in [0.1, 0.15) is 5.82 Å². The molecule has 2 N–H and O–H groups in total. The monoisotopic (exact) mass is 286 g/mol. The zero-order chi connectivity index (χ0) is 15.2. The van der Waals surface area contributed by atoms with E-state index in [9.17, 15) is 4.39 Å². The summed E-state index contributed by atoms with van der Waals surface area (Å²) in [6, 6.07) is 5.01. The number of aromatic nitrogens is 2. The van der Waals surface area contributed by atoms with Crippen LogP contribution >= 0.6 is 0 Å². The molecule has 110 valence electrons. The summed E-state index contributed by atoms with van der Waals surface area (Å²) in [5.41, 5.74) is 7.88. The Morgan fingerprint density at radius 1 is 1.33 bits per heavy atom. The molecular weight excluding hydrogens is 267 g/mol. The van der Waals surface area contributed by atoms with Crippen molar-refractivity contribution < 1.29 is 4.39 Å². The van der Waals surface area contributed by atoms with Gasteiger partial charge in [0.25, 0.3) is 0 Å². The number of aryl methyl sites for hydroxylation is 1. The highest BCUT2D eigenvalue weighted by atomic mass is 19.1. The van der Waals surface area contributed by atoms with E-state index in [1.54, 1.807) is 16.8 Å². The Hall–Kier alpha value is -2.16. The summed E-state index contributed by atoms with van der Waals surface area (Å²) in [7, 11) is 3.91. The van der Waals surface area contributed by atoms with Crippen LogP contribution in [0.1, 0.15) is 16.7 Å². The molecule has 1 aromatic carbocycles. The van der Waals surface area contributed by atoms with Crippen LogP contribution in [0.3, 0.4) is 0 Å². The van der Waals surface area contributed by atoms with Gasteiger partial charge < -0.3 is 5.73 Å². The van der Waals surface area contributed by atoms with Crippen molar-refractivity contribution in [2.45, 2.75) is 13.1 Å². The Kier molecular flexibility index (Phi) is 5.09. The lowest BCUT2D eigenvalue weighted by Gasteiger charge is -2.16. The lowest BCUT2D eigenvalue weighted by molar-refractivity contribution is 0.319. The fourth-order valence-corrected chi connectivity index (χ4v) is 2.15. The summed E-state index contributed by atoms with van der Waals surface area (Å²) in [5.74, 6) is 5.13. The molecule has 2 rings (SSSR count). The fourth-order valence-electron chi connectivity index (χ4n) is 2.15. The highest BCUT2D eigenvalue weighted by molar-refractivity contribution is 5.38. The van der Waals surface area contributed by atoms with Crippen molar-refractivity contribution in [1.29, 1.82) is 0 Å². The highest BCUT2D eigenvalue weighted by Crippen LogP contribution is 2.12. The lowest BCUT2D eigenvalue weighted by Crippen LogP contribution is -2.17. The molecule has 0 spiro atoms. The topological polar surface area (TPSA) is 47.1 Å². The van der Waals surface area contributed by atoms with Gasteiger partial charge in [-0.25, -0.2) is 4.39 Å². The maximum Gasteiger partial charge on any atom is 0.138 e. The van der Waals surface area contributed by atoms with Gasteiger partial charge in [-0.15, -0.1) is 0 Å². The number of nitrogens with zero attached hydrogens (tertiary/aromatic N) is 3. The van der Waals surface area contributed by atoms with E-state index in [-0.39, 0.29) is 12.4 Å². The molecule has 0 saturated carbocycles. The van der Waals surface area contributed by atoms with Crippen LogP contribution in [-0.2, 0) is 20.1 Å². The van der Waals surface area contributed by atoms with Crippen LogP contribution < -0.4 is 5.73 Å². The Balaban J connectivity index is 2.05. The van der Waals surface area contributed by atoms with Gasteiger partial charge in [-0.05, 0) is 24.7 Å². The number of rotatable bonds is 4. The number of hydrogen-bond acceptors (Lipinski definition) is 3. The molecule has 1 aromatic heterocycles. The van der Waals surface area contributed by atoms with E-state index >= 15 is 0 Å². The minimum Gasteiger partial charge on any atom is -0.320 e. The van der Waals surface area contributed by atoms with Crippen LogP contribution in [-0.4, -0.2) is 28.3 Å². The van der Waals surface area contributed by atoms with Crippen molar-refractivity contribution in [1.82, 2.24) is 14.7 Å². The smallest absolute Gasteiger partial charge is 0.138 e. The molecule has 0 atom stereocenters. The van der Waals surface area contributed by atoms with E-state index < -0.39 is 0 Å². The third kappa shape index (κ3) is 4.42. The van der Waals surface area contributed by atoms with Gasteiger partial charge in [-0.3, -0.25) is 9.58 Å². The number of halogens is 1. The number of nitrogens with two attached hydrogens (primary N) is 1. The highest BCUT2D eigenvalue weighted by Gasteiger charge is 2.06. The van der Waals surface area contributed by atoms with Crippen molar-refractivity contribution in [2.24, 2.45) is 12.8 Å². The second kappa shape index (κ2) is 7.02. The molecule has 0 aliphatic rings. The predicted molar refractivity (Wildman–Crippen MR) is 80.7 cm³/mol. The van der Waals surface area contributed by atoms with Gasteiger partial charge in [0.15, 0.2) is 0 Å². The second-order valence-electron chi connectivity index (χ2n) is 5.01. The fraction of sp³-hybridized carbons (Fsp3) is 0.312. The van der Waals surface area contributed by atoms with Gasteiger partial charge in [0.2, 0.25) is 0 Å². The molecule has 0 radical (unpaired) electrons. The third-order valence-corrected chi connectivity index (χ3v) is 3.02. The molecule has 0 bridgehead atoms. The minimum atomic E-state index is -0.311. The van der Waals surface area contributed by atoms with E-state index in [2.05, 4.69) is 21.8 Å². The summed E-state index contributed by atoms with van der Waals surface area (Å²) in [6.45, 7) is 1.73. The Morgan fingerprint density at radius 3 is 2.76 bits per heavy atom. The molecule has 0 unspecified atom stereocenters. The van der Waals surface area contributed by atoms with Crippen molar-refractivity contribution in [2.75, 3.05) is 13.6 Å². The Labute approximate surface area is 124 Å². The van der Waals surface area contributed by atoms with Gasteiger partial charge in [-0.1, -0.05) is 17.9 Å². The summed E-state index contributed by atoms with van der Waals surface area (Å²) in [6.07, 6.45) is 3.83. The largest absolute Gasteiger partial charge is 0.320 e. The molecule has 4 nitrogen and oxygen atoms in total. The average Bonchev–Trinajstić information content (AvgIpc) is 2.84. The molecule has 21 heavy (non-hydrogen) atoms. The first-order valence-electron chi connectivity index (χ1n) is 6.72. The molecule has 2 aromatic rings. The van der Waals surface area contributed by atoms with Gasteiger partial charge in [0.05, 0.1) is 18.3 Å². The van der Waals surface area contributed by atoms with Crippen LogP contribution in [0.2, 0.25) is 0 Å². The van der Waals surface area contributed by atoms with Crippen LogP contribution in [0, 0.1) is 17.7 Å². The Bertz CT molecular complexity index is 666. The zero-order valence-electron chi connectivity index (χ0n) is 12.3. The molecule has 0 amide bonds. The van der Waals surface area contributed by atoms with Crippen LogP contribution in [0.5, 0.6) is 0 Å². The second-order valence-corrected chi connectivity index (χ2v) is 5.01. The van der Waals surface area contributed by atoms with Gasteiger partial charge in [-0.2, -0.15) is 5.10 Å². The minimum absolute atomic E-state index is 0.227. The molecule has 0 saturated heterocycles. The first-order chi connectivity index (χ1) is 10.1. The zero-order valence-corrected chi connectivity index (χ0v) is 12.3. The maximum atomic E-state index is 13.6. The van der Waals surface area contributed by atoms with Crippen molar-refractivity contribution in [3.63, 3.8) is 0 Å². The standard InChI is InChI=1S/C16H19FN4/c1-20(11-14-9-19-21(2)12-14)10-13-5-6-16(17)15(8-13)4-3-7-18/h5-6,8-9,12H,7,10-11,18H2,1-2H3. The van der Waals surface area contributed by atoms with Crippen LogP contribution in [0.25, 0.3) is 0 Å². The van der Waals surface area contributed by atoms with Crippen molar-refractivity contribution >= 4 is 0 Å². The third-order valence-electron chi connectivity index (χ3n) is 3.02. The average molecular weight is 286 g/mol. The Morgan fingerprint density at radius 2 is 2.10 bits per heavy atom. The molecule has 0 aliphatic carbocycles. The van der Waals surface area contributed by atoms with E-state index in [1.807, 2.05) is 26.5 Å². The SMILES string of the molecule is CN(Cc1ccc(F)c(C#CCN)c1)Cc1cnn(C)c1. The van der Waals surface area contributed by atoms with E-state index in [1.165, 1.54) is 6.07 Å². The van der Waals surface area contributed by atoms with Crippen molar-refractivity contribution in [3.8, 4) is 11.8 Å². The first kappa shape index (κ1) is 15.2. The quantitative estimate of drug-likeness (QED) is 0.867.